The van der Waals surface area contributed by atoms with E-state index in [1.807, 2.05) is 30.3 Å². The molecule has 3 aromatic carbocycles. The van der Waals surface area contributed by atoms with Gasteiger partial charge in [0.25, 0.3) is 0 Å². The Balaban J connectivity index is 1.45. The first-order chi connectivity index (χ1) is 14.6. The molecule has 0 fully saturated rings. The summed E-state index contributed by atoms with van der Waals surface area (Å²) in [5.41, 5.74) is 2.32. The van der Waals surface area contributed by atoms with E-state index in [9.17, 15) is 9.18 Å². The second-order valence-corrected chi connectivity index (χ2v) is 6.67. The lowest BCUT2D eigenvalue weighted by molar-refractivity contribution is -0.115. The molecule has 3 aromatic rings. The molecule has 0 radical (unpaired) electrons. The Labute approximate surface area is 175 Å². The maximum atomic E-state index is 14.1. The summed E-state index contributed by atoms with van der Waals surface area (Å²) >= 11 is 0. The van der Waals surface area contributed by atoms with E-state index in [1.165, 1.54) is 6.07 Å². The number of hydrogen-bond acceptors (Lipinski definition) is 4. The van der Waals surface area contributed by atoms with Gasteiger partial charge in [0.05, 0.1) is 30.3 Å². The van der Waals surface area contributed by atoms with E-state index in [1.54, 1.807) is 36.4 Å². The molecule has 0 aliphatic heterocycles. The Hall–Kier alpha value is -3.85. The van der Waals surface area contributed by atoms with Crippen LogP contribution in [0.1, 0.15) is 17.5 Å². The molecular formula is C24H22FN3O2. The minimum atomic E-state index is -0.480. The molecule has 0 saturated heterocycles. The lowest BCUT2D eigenvalue weighted by Gasteiger charge is -2.11. The fraction of sp³-hybridized carbons (Fsp3) is 0.167. The quantitative estimate of drug-likeness (QED) is 0.505. The molecule has 2 N–H and O–H groups in total. The van der Waals surface area contributed by atoms with Crippen molar-refractivity contribution in [2.45, 2.75) is 12.8 Å². The molecule has 6 heteroatoms. The lowest BCUT2D eigenvalue weighted by atomic mass is 10.1. The number of carbonyl (C=O) groups is 1. The van der Waals surface area contributed by atoms with E-state index in [4.69, 9.17) is 10.00 Å². The summed E-state index contributed by atoms with van der Waals surface area (Å²) in [5, 5.41) is 14.6. The number of rotatable bonds is 9. The van der Waals surface area contributed by atoms with Crippen LogP contribution < -0.4 is 15.4 Å². The largest absolute Gasteiger partial charge is 0.494 e. The Bertz CT molecular complexity index is 1010. The molecule has 5 nitrogen and oxygen atoms in total. The molecule has 3 rings (SSSR count). The molecule has 0 bridgehead atoms. The zero-order valence-electron chi connectivity index (χ0n) is 16.4. The van der Waals surface area contributed by atoms with Gasteiger partial charge in [-0.15, -0.1) is 0 Å². The van der Waals surface area contributed by atoms with Crippen LogP contribution in [0.3, 0.4) is 0 Å². The smallest absolute Gasteiger partial charge is 0.228 e. The Morgan fingerprint density at radius 3 is 2.53 bits per heavy atom. The van der Waals surface area contributed by atoms with Gasteiger partial charge < -0.3 is 15.4 Å². The van der Waals surface area contributed by atoms with Crippen molar-refractivity contribution in [3.05, 3.63) is 89.7 Å². The van der Waals surface area contributed by atoms with Gasteiger partial charge in [0, 0.05) is 12.2 Å². The SMILES string of the molecule is N#Cc1ccc(OCCCNc2ccc(F)c(NC(=O)Cc3ccccc3)c2)cc1. The summed E-state index contributed by atoms with van der Waals surface area (Å²) in [6, 6.07) is 22.8. The van der Waals surface area contributed by atoms with E-state index in [0.717, 1.165) is 12.0 Å². The Morgan fingerprint density at radius 1 is 1.03 bits per heavy atom. The average Bonchev–Trinajstić information content (AvgIpc) is 2.76. The van der Waals surface area contributed by atoms with Gasteiger partial charge in [0.15, 0.2) is 0 Å². The van der Waals surface area contributed by atoms with Crippen molar-refractivity contribution in [2.75, 3.05) is 23.8 Å². The van der Waals surface area contributed by atoms with Gasteiger partial charge in [-0.25, -0.2) is 4.39 Å². The summed E-state index contributed by atoms with van der Waals surface area (Å²) < 4.78 is 19.7. The third-order valence-electron chi connectivity index (χ3n) is 4.35. The standard InChI is InChI=1S/C24H22FN3O2/c25-22-12-9-20(16-23(22)28-24(29)15-18-5-2-1-3-6-18)27-13-4-14-30-21-10-7-19(17-26)8-11-21/h1-3,5-12,16,27H,4,13-15H2,(H,28,29). The molecule has 0 spiro atoms. The summed E-state index contributed by atoms with van der Waals surface area (Å²) in [6.45, 7) is 1.13. The summed E-state index contributed by atoms with van der Waals surface area (Å²) in [4.78, 5) is 12.2. The molecule has 0 aliphatic carbocycles. The second kappa shape index (κ2) is 10.6. The van der Waals surface area contributed by atoms with E-state index in [-0.39, 0.29) is 18.0 Å². The van der Waals surface area contributed by atoms with Crippen LogP contribution in [-0.2, 0) is 11.2 Å². The molecule has 152 valence electrons. The summed E-state index contributed by atoms with van der Waals surface area (Å²) in [5.74, 6) is -0.0432. The number of ether oxygens (including phenoxy) is 1. The Kier molecular flexibility index (Phi) is 7.39. The van der Waals surface area contributed by atoms with Crippen LogP contribution >= 0.6 is 0 Å². The van der Waals surface area contributed by atoms with Gasteiger partial charge in [-0.05, 0) is 54.4 Å². The van der Waals surface area contributed by atoms with Crippen molar-refractivity contribution in [3.8, 4) is 11.8 Å². The van der Waals surface area contributed by atoms with Crippen LogP contribution in [0.4, 0.5) is 15.8 Å². The lowest BCUT2D eigenvalue weighted by Crippen LogP contribution is -2.15. The number of hydrogen-bond donors (Lipinski definition) is 2. The second-order valence-electron chi connectivity index (χ2n) is 6.67. The highest BCUT2D eigenvalue weighted by Gasteiger charge is 2.09. The normalized spacial score (nSPS) is 10.1. The molecule has 1 amide bonds. The molecule has 0 aromatic heterocycles. The number of anilines is 2. The first-order valence-corrected chi connectivity index (χ1v) is 9.64. The fourth-order valence-corrected chi connectivity index (χ4v) is 2.83. The van der Waals surface area contributed by atoms with Crippen molar-refractivity contribution in [2.24, 2.45) is 0 Å². The zero-order chi connectivity index (χ0) is 21.2. The van der Waals surface area contributed by atoms with E-state index in [0.29, 0.717) is 30.2 Å². The third-order valence-corrected chi connectivity index (χ3v) is 4.35. The molecule has 0 unspecified atom stereocenters. The van der Waals surface area contributed by atoms with Crippen molar-refractivity contribution in [3.63, 3.8) is 0 Å². The molecule has 30 heavy (non-hydrogen) atoms. The highest BCUT2D eigenvalue weighted by molar-refractivity contribution is 5.92. The molecule has 0 aliphatic rings. The van der Waals surface area contributed by atoms with Gasteiger partial charge in [0.1, 0.15) is 11.6 Å². The minimum absolute atomic E-state index is 0.148. The van der Waals surface area contributed by atoms with Crippen LogP contribution in [-0.4, -0.2) is 19.1 Å². The van der Waals surface area contributed by atoms with E-state index < -0.39 is 5.82 Å². The molecule has 0 saturated carbocycles. The number of halogens is 1. The number of benzene rings is 3. The predicted octanol–water partition coefficient (Wildman–Crippen LogP) is 4.76. The highest BCUT2D eigenvalue weighted by Crippen LogP contribution is 2.20. The fourth-order valence-electron chi connectivity index (χ4n) is 2.83. The van der Waals surface area contributed by atoms with Gasteiger partial charge in [-0.3, -0.25) is 4.79 Å². The molecule has 0 atom stereocenters. The predicted molar refractivity (Wildman–Crippen MR) is 115 cm³/mol. The van der Waals surface area contributed by atoms with E-state index in [2.05, 4.69) is 16.7 Å². The monoisotopic (exact) mass is 403 g/mol. The van der Waals surface area contributed by atoms with Crippen molar-refractivity contribution in [1.29, 1.82) is 5.26 Å². The first-order valence-electron chi connectivity index (χ1n) is 9.64. The zero-order valence-corrected chi connectivity index (χ0v) is 16.4. The van der Waals surface area contributed by atoms with Gasteiger partial charge in [-0.2, -0.15) is 5.26 Å². The van der Waals surface area contributed by atoms with E-state index >= 15 is 0 Å². The van der Waals surface area contributed by atoms with Crippen molar-refractivity contribution in [1.82, 2.24) is 0 Å². The van der Waals surface area contributed by atoms with Crippen molar-refractivity contribution >= 4 is 17.3 Å². The first kappa shape index (κ1) is 20.9. The molecule has 0 heterocycles. The topological polar surface area (TPSA) is 74.2 Å². The van der Waals surface area contributed by atoms with Gasteiger partial charge in [-0.1, -0.05) is 30.3 Å². The highest BCUT2D eigenvalue weighted by atomic mass is 19.1. The van der Waals surface area contributed by atoms with Crippen molar-refractivity contribution < 1.29 is 13.9 Å². The molecular weight excluding hydrogens is 381 g/mol. The average molecular weight is 403 g/mol. The number of carbonyl (C=O) groups excluding carboxylic acids is 1. The summed E-state index contributed by atoms with van der Waals surface area (Å²) in [7, 11) is 0. The van der Waals surface area contributed by atoms with Gasteiger partial charge in [0.2, 0.25) is 5.91 Å². The number of nitrogens with one attached hydrogen (secondary N) is 2. The Morgan fingerprint density at radius 2 is 1.80 bits per heavy atom. The minimum Gasteiger partial charge on any atom is -0.494 e. The summed E-state index contributed by atoms with van der Waals surface area (Å²) in [6.07, 6.45) is 0.914. The van der Waals surface area contributed by atoms with Crippen LogP contribution in [0.25, 0.3) is 0 Å². The van der Waals surface area contributed by atoms with Crippen LogP contribution in [0.15, 0.2) is 72.8 Å². The maximum absolute atomic E-state index is 14.1. The number of nitriles is 1. The van der Waals surface area contributed by atoms with Gasteiger partial charge >= 0.3 is 0 Å². The van der Waals surface area contributed by atoms with Crippen LogP contribution in [0, 0.1) is 17.1 Å². The third kappa shape index (κ3) is 6.35. The van der Waals surface area contributed by atoms with Crippen LogP contribution in [0.5, 0.6) is 5.75 Å². The van der Waals surface area contributed by atoms with Crippen LogP contribution in [0.2, 0.25) is 0 Å². The maximum Gasteiger partial charge on any atom is 0.228 e. The number of nitrogens with zero attached hydrogens (tertiary/aromatic N) is 1. The number of amides is 1.